The van der Waals surface area contributed by atoms with Gasteiger partial charge in [0.2, 0.25) is 5.75 Å². The van der Waals surface area contributed by atoms with Crippen LogP contribution in [0.2, 0.25) is 0 Å². The predicted molar refractivity (Wildman–Crippen MR) is 94.2 cm³/mol. The fourth-order valence-electron chi connectivity index (χ4n) is 2.61. The summed E-state index contributed by atoms with van der Waals surface area (Å²) in [5, 5.41) is 4.09. The quantitative estimate of drug-likeness (QED) is 0.776. The second-order valence-corrected chi connectivity index (χ2v) is 5.08. The highest BCUT2D eigenvalue weighted by Gasteiger charge is 2.16. The van der Waals surface area contributed by atoms with Gasteiger partial charge in [0.25, 0.3) is 0 Å². The van der Waals surface area contributed by atoms with Gasteiger partial charge in [-0.25, -0.2) is 9.97 Å². The molecule has 0 atom stereocenters. The number of aromatic nitrogens is 2. The summed E-state index contributed by atoms with van der Waals surface area (Å²) < 4.78 is 16.2. The molecule has 1 heterocycles. The molecule has 1 aromatic heterocycles. The van der Waals surface area contributed by atoms with Crippen LogP contribution in [0.25, 0.3) is 22.3 Å². The SMILES string of the molecule is CNc1nc(-c2cc(OC)c(OC)c(OC)c2)nc2ccccc12. The van der Waals surface area contributed by atoms with Crippen LogP contribution in [0.3, 0.4) is 0 Å². The number of hydrogen-bond acceptors (Lipinski definition) is 6. The first kappa shape index (κ1) is 15.9. The molecule has 0 radical (unpaired) electrons. The molecule has 0 saturated carbocycles. The average Bonchev–Trinajstić information content (AvgIpc) is 2.65. The molecule has 6 nitrogen and oxygen atoms in total. The first-order chi connectivity index (χ1) is 11.7. The molecular weight excluding hydrogens is 306 g/mol. The molecule has 1 N–H and O–H groups in total. The maximum absolute atomic E-state index is 5.41. The highest BCUT2D eigenvalue weighted by molar-refractivity contribution is 5.90. The largest absolute Gasteiger partial charge is 0.493 e. The maximum Gasteiger partial charge on any atom is 0.203 e. The molecule has 0 aliphatic heterocycles. The van der Waals surface area contributed by atoms with E-state index in [-0.39, 0.29) is 0 Å². The van der Waals surface area contributed by atoms with Gasteiger partial charge in [-0.1, -0.05) is 12.1 Å². The number of anilines is 1. The molecule has 0 saturated heterocycles. The van der Waals surface area contributed by atoms with Gasteiger partial charge in [-0.3, -0.25) is 0 Å². The summed E-state index contributed by atoms with van der Waals surface area (Å²) in [6.45, 7) is 0. The molecular formula is C18H19N3O3. The van der Waals surface area contributed by atoms with Crippen LogP contribution in [-0.2, 0) is 0 Å². The predicted octanol–water partition coefficient (Wildman–Crippen LogP) is 3.36. The van der Waals surface area contributed by atoms with Gasteiger partial charge in [0, 0.05) is 18.0 Å². The number of benzene rings is 2. The van der Waals surface area contributed by atoms with Crippen molar-refractivity contribution in [2.45, 2.75) is 0 Å². The lowest BCUT2D eigenvalue weighted by atomic mass is 10.1. The lowest BCUT2D eigenvalue weighted by molar-refractivity contribution is 0.324. The van der Waals surface area contributed by atoms with Crippen LogP contribution in [-0.4, -0.2) is 38.3 Å². The highest BCUT2D eigenvalue weighted by atomic mass is 16.5. The Labute approximate surface area is 140 Å². The van der Waals surface area contributed by atoms with Crippen molar-refractivity contribution in [3.8, 4) is 28.6 Å². The molecule has 3 rings (SSSR count). The van der Waals surface area contributed by atoms with E-state index in [0.717, 1.165) is 22.3 Å². The Morgan fingerprint density at radius 3 is 2.12 bits per heavy atom. The second kappa shape index (κ2) is 6.62. The molecule has 124 valence electrons. The van der Waals surface area contributed by atoms with Crippen molar-refractivity contribution < 1.29 is 14.2 Å². The van der Waals surface area contributed by atoms with Crippen molar-refractivity contribution in [1.82, 2.24) is 9.97 Å². The number of methoxy groups -OCH3 is 3. The fraction of sp³-hybridized carbons (Fsp3) is 0.222. The number of nitrogens with one attached hydrogen (secondary N) is 1. The molecule has 0 bridgehead atoms. The summed E-state index contributed by atoms with van der Waals surface area (Å²) in [7, 11) is 6.59. The number of nitrogens with zero attached hydrogens (tertiary/aromatic N) is 2. The minimum absolute atomic E-state index is 0.540. The standard InChI is InChI=1S/C18H19N3O3/c1-19-18-12-7-5-6-8-13(12)20-17(21-18)11-9-14(22-2)16(24-4)15(10-11)23-3/h5-10H,1-4H3,(H,19,20,21). The van der Waals surface area contributed by atoms with E-state index < -0.39 is 0 Å². The summed E-state index contributed by atoms with van der Waals surface area (Å²) in [5.41, 5.74) is 1.65. The Morgan fingerprint density at radius 1 is 0.875 bits per heavy atom. The molecule has 2 aromatic carbocycles. The van der Waals surface area contributed by atoms with Gasteiger partial charge in [-0.2, -0.15) is 0 Å². The number of fused-ring (bicyclic) bond motifs is 1. The van der Waals surface area contributed by atoms with Crippen LogP contribution < -0.4 is 19.5 Å². The zero-order chi connectivity index (χ0) is 17.1. The smallest absolute Gasteiger partial charge is 0.203 e. The topological polar surface area (TPSA) is 65.5 Å². The van der Waals surface area contributed by atoms with Gasteiger partial charge < -0.3 is 19.5 Å². The molecule has 3 aromatic rings. The van der Waals surface area contributed by atoms with Crippen LogP contribution in [0.15, 0.2) is 36.4 Å². The number of rotatable bonds is 5. The lowest BCUT2D eigenvalue weighted by Gasteiger charge is -2.14. The summed E-state index contributed by atoms with van der Waals surface area (Å²) >= 11 is 0. The third-order valence-corrected chi connectivity index (χ3v) is 3.76. The Bertz CT molecular complexity index is 856. The van der Waals surface area contributed by atoms with Gasteiger partial charge in [0.05, 0.1) is 26.8 Å². The van der Waals surface area contributed by atoms with Crippen molar-refractivity contribution in [1.29, 1.82) is 0 Å². The van der Waals surface area contributed by atoms with Crippen molar-refractivity contribution >= 4 is 16.7 Å². The number of para-hydroxylation sites is 1. The van der Waals surface area contributed by atoms with Crippen molar-refractivity contribution in [2.75, 3.05) is 33.7 Å². The van der Waals surface area contributed by atoms with Gasteiger partial charge >= 0.3 is 0 Å². The molecule has 0 unspecified atom stereocenters. The van der Waals surface area contributed by atoms with Crippen LogP contribution in [0.4, 0.5) is 5.82 Å². The monoisotopic (exact) mass is 325 g/mol. The van der Waals surface area contributed by atoms with E-state index in [1.165, 1.54) is 0 Å². The fourth-order valence-corrected chi connectivity index (χ4v) is 2.61. The normalized spacial score (nSPS) is 10.5. The van der Waals surface area contributed by atoms with Crippen molar-refractivity contribution in [3.63, 3.8) is 0 Å². The molecule has 0 aliphatic carbocycles. The first-order valence-electron chi connectivity index (χ1n) is 7.46. The van der Waals surface area contributed by atoms with E-state index in [9.17, 15) is 0 Å². The molecule has 6 heteroatoms. The Hall–Kier alpha value is -3.02. The number of hydrogen-bond donors (Lipinski definition) is 1. The summed E-state index contributed by atoms with van der Waals surface area (Å²) in [6, 6.07) is 11.5. The minimum Gasteiger partial charge on any atom is -0.493 e. The summed E-state index contributed by atoms with van der Waals surface area (Å²) in [5.74, 6) is 3.02. The second-order valence-electron chi connectivity index (χ2n) is 5.08. The van der Waals surface area contributed by atoms with E-state index in [1.54, 1.807) is 21.3 Å². The number of ether oxygens (including phenoxy) is 3. The van der Waals surface area contributed by atoms with Crippen LogP contribution >= 0.6 is 0 Å². The van der Waals surface area contributed by atoms with Gasteiger partial charge in [-0.05, 0) is 24.3 Å². The third kappa shape index (κ3) is 2.67. The summed E-state index contributed by atoms with van der Waals surface area (Å²) in [6.07, 6.45) is 0. The van der Waals surface area contributed by atoms with Gasteiger partial charge in [-0.15, -0.1) is 0 Å². The van der Waals surface area contributed by atoms with E-state index in [1.807, 2.05) is 43.4 Å². The van der Waals surface area contributed by atoms with E-state index in [0.29, 0.717) is 23.1 Å². The van der Waals surface area contributed by atoms with Gasteiger partial charge in [0.1, 0.15) is 5.82 Å². The average molecular weight is 325 g/mol. The Balaban J connectivity index is 2.23. The highest BCUT2D eigenvalue weighted by Crippen LogP contribution is 2.40. The van der Waals surface area contributed by atoms with Crippen molar-refractivity contribution in [3.05, 3.63) is 36.4 Å². The summed E-state index contributed by atoms with van der Waals surface area (Å²) in [4.78, 5) is 9.28. The van der Waals surface area contributed by atoms with Crippen LogP contribution in [0.5, 0.6) is 17.2 Å². The lowest BCUT2D eigenvalue weighted by Crippen LogP contribution is -2.00. The molecule has 24 heavy (non-hydrogen) atoms. The molecule has 0 fully saturated rings. The third-order valence-electron chi connectivity index (χ3n) is 3.76. The van der Waals surface area contributed by atoms with E-state index in [4.69, 9.17) is 14.2 Å². The molecule has 0 amide bonds. The molecule has 0 aliphatic rings. The maximum atomic E-state index is 5.41. The van der Waals surface area contributed by atoms with Crippen molar-refractivity contribution in [2.24, 2.45) is 0 Å². The van der Waals surface area contributed by atoms with Gasteiger partial charge in [0.15, 0.2) is 17.3 Å². The minimum atomic E-state index is 0.540. The van der Waals surface area contributed by atoms with Crippen LogP contribution in [0, 0.1) is 0 Å². The zero-order valence-corrected chi connectivity index (χ0v) is 14.1. The van der Waals surface area contributed by atoms with E-state index >= 15 is 0 Å². The van der Waals surface area contributed by atoms with Crippen LogP contribution in [0.1, 0.15) is 0 Å². The zero-order valence-electron chi connectivity index (χ0n) is 14.1. The Morgan fingerprint density at radius 2 is 1.54 bits per heavy atom. The molecule has 0 spiro atoms. The Kier molecular flexibility index (Phi) is 4.37. The first-order valence-corrected chi connectivity index (χ1v) is 7.46. The van der Waals surface area contributed by atoms with E-state index in [2.05, 4.69) is 15.3 Å².